The lowest BCUT2D eigenvalue weighted by Crippen LogP contribution is -2.35. The van der Waals surface area contributed by atoms with E-state index in [-0.39, 0.29) is 0 Å². The molecule has 1 aromatic heterocycles. The number of hydrogen-bond acceptors (Lipinski definition) is 0. The van der Waals surface area contributed by atoms with Gasteiger partial charge in [0.2, 0.25) is 5.69 Å². The monoisotopic (exact) mass is 331 g/mol. The molecule has 1 aliphatic rings. The predicted molar refractivity (Wildman–Crippen MR) is 106 cm³/mol. The summed E-state index contributed by atoms with van der Waals surface area (Å²) in [5, 5.41) is 2.24. The molecule has 3 aromatic rings. The van der Waals surface area contributed by atoms with Crippen LogP contribution in [0.15, 0.2) is 42.4 Å². The van der Waals surface area contributed by atoms with E-state index < -0.39 is 0 Å². The van der Waals surface area contributed by atoms with Gasteiger partial charge in [0.05, 0.1) is 6.76 Å². The first-order chi connectivity index (χ1) is 12.5. The molecule has 0 bridgehead atoms. The van der Waals surface area contributed by atoms with Crippen LogP contribution in [0.25, 0.3) is 22.0 Å². The van der Waals surface area contributed by atoms with Gasteiger partial charge in [0.1, 0.15) is 7.05 Å². The van der Waals surface area contributed by atoms with E-state index >= 15 is 0 Å². The molecule has 1 fully saturated rings. The summed E-state index contributed by atoms with van der Waals surface area (Å²) in [4.78, 5) is 0. The molecular formula is C24H28N+. The average Bonchev–Trinajstić information content (AvgIpc) is 3.16. The van der Waals surface area contributed by atoms with Crippen LogP contribution in [0.3, 0.4) is 0 Å². The predicted octanol–water partition coefficient (Wildman–Crippen LogP) is 5.91. The molecule has 1 nitrogen and oxygen atoms in total. The number of aromatic nitrogens is 1. The molecule has 128 valence electrons. The molecular weight excluding hydrogens is 302 g/mol. The highest BCUT2D eigenvalue weighted by molar-refractivity contribution is 5.94. The van der Waals surface area contributed by atoms with Crippen LogP contribution in [-0.4, -0.2) is 0 Å². The summed E-state index contributed by atoms with van der Waals surface area (Å²) in [6.07, 6.45) is 5.35. The minimum Gasteiger partial charge on any atom is -0.198 e. The van der Waals surface area contributed by atoms with Crippen molar-refractivity contribution in [3.8, 4) is 11.3 Å². The third-order valence-electron chi connectivity index (χ3n) is 5.93. The first kappa shape index (κ1) is 15.1. The fourth-order valence-corrected chi connectivity index (χ4v) is 4.33. The Morgan fingerprint density at radius 3 is 2.52 bits per heavy atom. The molecule has 25 heavy (non-hydrogen) atoms. The summed E-state index contributed by atoms with van der Waals surface area (Å²) in [5.41, 5.74) is 7.57. The highest BCUT2D eigenvalue weighted by atomic mass is 14.9. The van der Waals surface area contributed by atoms with Crippen molar-refractivity contribution in [2.75, 3.05) is 0 Å². The van der Waals surface area contributed by atoms with Crippen LogP contribution in [0.5, 0.6) is 0 Å². The minimum atomic E-state index is 0.638. The molecule has 1 heteroatoms. The Bertz CT molecular complexity index is 997. The second kappa shape index (κ2) is 6.29. The molecule has 0 radical (unpaired) electrons. The third-order valence-corrected chi connectivity index (χ3v) is 5.93. The Hall–Kier alpha value is -2.15. The summed E-state index contributed by atoms with van der Waals surface area (Å²) in [6.45, 7) is 6.37. The van der Waals surface area contributed by atoms with Crippen LogP contribution in [0.1, 0.15) is 55.4 Å². The zero-order valence-corrected chi connectivity index (χ0v) is 15.8. The summed E-state index contributed by atoms with van der Waals surface area (Å²) in [7, 11) is 2.10. The Morgan fingerprint density at radius 2 is 1.76 bits per heavy atom. The van der Waals surface area contributed by atoms with Gasteiger partial charge in [-0.3, -0.25) is 0 Å². The van der Waals surface area contributed by atoms with Gasteiger partial charge in [-0.15, -0.1) is 0 Å². The van der Waals surface area contributed by atoms with Crippen molar-refractivity contribution in [1.82, 2.24) is 0 Å². The zero-order chi connectivity index (χ0) is 18.4. The van der Waals surface area contributed by atoms with Gasteiger partial charge in [-0.05, 0) is 61.3 Å². The molecule has 0 atom stereocenters. The molecule has 2 aromatic carbocycles. The van der Waals surface area contributed by atoms with Gasteiger partial charge >= 0.3 is 0 Å². The molecule has 0 saturated heterocycles. The molecule has 1 aliphatic carbocycles. The van der Waals surface area contributed by atoms with Crippen LogP contribution in [0, 0.1) is 20.8 Å². The van der Waals surface area contributed by atoms with E-state index in [0.29, 0.717) is 12.0 Å². The van der Waals surface area contributed by atoms with Crippen molar-refractivity contribution in [2.45, 2.75) is 52.4 Å². The molecule has 4 rings (SSSR count). The third kappa shape index (κ3) is 2.86. The van der Waals surface area contributed by atoms with Crippen LogP contribution < -0.4 is 4.57 Å². The summed E-state index contributed by atoms with van der Waals surface area (Å²) >= 11 is 0. The van der Waals surface area contributed by atoms with Gasteiger partial charge in [0.25, 0.3) is 0 Å². The van der Waals surface area contributed by atoms with E-state index in [0.717, 1.165) is 11.1 Å². The van der Waals surface area contributed by atoms with E-state index in [1.807, 2.05) is 0 Å². The van der Waals surface area contributed by atoms with E-state index in [1.165, 1.54) is 59.0 Å². The Morgan fingerprint density at radius 1 is 1.00 bits per heavy atom. The van der Waals surface area contributed by atoms with Crippen LogP contribution >= 0.6 is 0 Å². The van der Waals surface area contributed by atoms with Crippen LogP contribution in [0.2, 0.25) is 0 Å². The smallest absolute Gasteiger partial charge is 0.198 e. The molecule has 1 saturated carbocycles. The van der Waals surface area contributed by atoms with E-state index in [2.05, 4.69) is 68.8 Å². The van der Waals surface area contributed by atoms with Crippen molar-refractivity contribution < 1.29 is 5.94 Å². The fraction of sp³-hybridized carbons (Fsp3) is 0.375. The van der Waals surface area contributed by atoms with Crippen LogP contribution in [0.4, 0.5) is 0 Å². The normalized spacial score (nSPS) is 15.8. The number of nitrogens with zero attached hydrogens (tertiary/aromatic N) is 1. The van der Waals surface area contributed by atoms with Crippen molar-refractivity contribution >= 4 is 10.8 Å². The van der Waals surface area contributed by atoms with E-state index in [4.69, 9.17) is 1.37 Å². The second-order valence-electron chi connectivity index (χ2n) is 7.72. The second-order valence-corrected chi connectivity index (χ2v) is 7.72. The minimum absolute atomic E-state index is 0.638. The maximum atomic E-state index is 8.60. The maximum absolute atomic E-state index is 8.60. The topological polar surface area (TPSA) is 3.88 Å². The number of benzene rings is 2. The van der Waals surface area contributed by atoms with Gasteiger partial charge in [-0.1, -0.05) is 42.7 Å². The largest absolute Gasteiger partial charge is 0.220 e. The van der Waals surface area contributed by atoms with Crippen molar-refractivity contribution in [2.24, 2.45) is 7.05 Å². The quantitative estimate of drug-likeness (QED) is 0.514. The van der Waals surface area contributed by atoms with Gasteiger partial charge in [-0.2, -0.15) is 4.57 Å². The lowest BCUT2D eigenvalue weighted by atomic mass is 9.91. The average molecular weight is 332 g/mol. The summed E-state index contributed by atoms with van der Waals surface area (Å²) in [5.74, 6) is 0.713. The first-order valence-corrected chi connectivity index (χ1v) is 9.48. The van der Waals surface area contributed by atoms with Gasteiger partial charge in [0.15, 0.2) is 5.69 Å². The maximum Gasteiger partial charge on any atom is 0.220 e. The van der Waals surface area contributed by atoms with Crippen molar-refractivity contribution in [3.05, 3.63) is 64.8 Å². The molecule has 0 amide bonds. The molecule has 0 unspecified atom stereocenters. The van der Waals surface area contributed by atoms with E-state index in [9.17, 15) is 0 Å². The molecule has 0 N–H and O–H groups in total. The van der Waals surface area contributed by atoms with Gasteiger partial charge in [0, 0.05) is 18.5 Å². The van der Waals surface area contributed by atoms with Gasteiger partial charge < -0.3 is 0 Å². The van der Waals surface area contributed by atoms with E-state index in [1.54, 1.807) is 0 Å². The highest BCUT2D eigenvalue weighted by Gasteiger charge is 2.23. The molecule has 0 spiro atoms. The number of fused-ring (bicyclic) bond motifs is 1. The SMILES string of the molecule is [2H]c1c(C)[n+](C)c(-c2cc(C3CCCC3)ccc2C)c2ccc(C)cc12. The van der Waals surface area contributed by atoms with Crippen molar-refractivity contribution in [1.29, 1.82) is 0 Å². The number of pyridine rings is 1. The molecule has 0 aliphatic heterocycles. The number of aryl methyl sites for hydroxylation is 2. The fourth-order valence-electron chi connectivity index (χ4n) is 4.33. The first-order valence-electron chi connectivity index (χ1n) is 9.98. The standard InChI is InChI=1S/C24H28N/c1-16-9-12-22-21(13-16)14-18(3)25(4)24(22)23-15-20(11-10-17(23)2)19-7-5-6-8-19/h9-15,19H,5-8H2,1-4H3/q+1/i14D. The summed E-state index contributed by atoms with van der Waals surface area (Å²) in [6, 6.07) is 14.2. The highest BCUT2D eigenvalue weighted by Crippen LogP contribution is 2.37. The summed E-state index contributed by atoms with van der Waals surface area (Å²) < 4.78 is 10.8. The lowest BCUT2D eigenvalue weighted by molar-refractivity contribution is -0.665. The Balaban J connectivity index is 2.01. The molecule has 1 heterocycles. The van der Waals surface area contributed by atoms with Gasteiger partial charge in [-0.25, -0.2) is 0 Å². The van der Waals surface area contributed by atoms with Crippen LogP contribution in [-0.2, 0) is 7.05 Å². The number of rotatable bonds is 2. The number of hydrogen-bond donors (Lipinski definition) is 0. The zero-order valence-electron chi connectivity index (χ0n) is 16.8. The Labute approximate surface area is 152 Å². The lowest BCUT2D eigenvalue weighted by Gasteiger charge is -2.15. The Kier molecular flexibility index (Phi) is 3.81. The van der Waals surface area contributed by atoms with Crippen molar-refractivity contribution in [3.63, 3.8) is 0 Å².